The van der Waals surface area contributed by atoms with E-state index >= 15 is 0 Å². The van der Waals surface area contributed by atoms with Gasteiger partial charge < -0.3 is 5.32 Å². The largest absolute Gasteiger partial charge is 0.316 e. The van der Waals surface area contributed by atoms with Gasteiger partial charge in [-0.15, -0.1) is 0 Å². The van der Waals surface area contributed by atoms with Crippen molar-refractivity contribution in [3.05, 3.63) is 35.6 Å². The molecule has 0 spiro atoms. The van der Waals surface area contributed by atoms with E-state index in [2.05, 4.69) is 18.5 Å². The van der Waals surface area contributed by atoms with Crippen molar-refractivity contribution in [3.8, 4) is 0 Å². The molecule has 3 heteroatoms. The van der Waals surface area contributed by atoms with Crippen LogP contribution in [0, 0.1) is 11.7 Å². The Morgan fingerprint density at radius 3 is 2.89 bits per heavy atom. The van der Waals surface area contributed by atoms with Gasteiger partial charge in [0.25, 0.3) is 0 Å². The minimum atomic E-state index is -0.127. The van der Waals surface area contributed by atoms with Gasteiger partial charge in [0, 0.05) is 0 Å². The third kappa shape index (κ3) is 6.41. The van der Waals surface area contributed by atoms with Crippen molar-refractivity contribution in [1.29, 1.82) is 0 Å². The molecule has 0 heterocycles. The van der Waals surface area contributed by atoms with E-state index in [9.17, 15) is 4.39 Å². The molecule has 0 radical (unpaired) electrons. The predicted molar refractivity (Wildman–Crippen MR) is 79.8 cm³/mol. The molecule has 18 heavy (non-hydrogen) atoms. The zero-order chi connectivity index (χ0) is 13.2. The first kappa shape index (κ1) is 15.5. The van der Waals surface area contributed by atoms with Crippen molar-refractivity contribution in [2.24, 2.45) is 5.92 Å². The predicted octanol–water partition coefficient (Wildman–Crippen LogP) is 3.74. The Balaban J connectivity index is 2.48. The highest BCUT2D eigenvalue weighted by Gasteiger charge is 2.09. The fraction of sp³-hybridized carbons (Fsp3) is 0.600. The van der Waals surface area contributed by atoms with Gasteiger partial charge in [-0.2, -0.15) is 11.8 Å². The normalized spacial score (nSPS) is 12.6. The van der Waals surface area contributed by atoms with E-state index in [1.807, 2.05) is 17.8 Å². The standard InChI is InChI=1S/C15H24FNS/c1-3-8-17-12-14(7-9-18-2)10-13-5-4-6-15(16)11-13/h4-6,11,14,17H,3,7-10,12H2,1-2H3. The molecule has 1 N–H and O–H groups in total. The molecule has 0 fully saturated rings. The molecule has 102 valence electrons. The molecule has 0 aliphatic carbocycles. The van der Waals surface area contributed by atoms with Gasteiger partial charge in [0.2, 0.25) is 0 Å². The van der Waals surface area contributed by atoms with Crippen LogP contribution in [-0.2, 0) is 6.42 Å². The first-order chi connectivity index (χ1) is 8.76. The average molecular weight is 269 g/mol. The van der Waals surface area contributed by atoms with Crippen molar-refractivity contribution in [3.63, 3.8) is 0 Å². The molecular weight excluding hydrogens is 245 g/mol. The van der Waals surface area contributed by atoms with Crippen LogP contribution in [0.25, 0.3) is 0 Å². The van der Waals surface area contributed by atoms with Crippen molar-refractivity contribution in [2.75, 3.05) is 25.1 Å². The van der Waals surface area contributed by atoms with Crippen LogP contribution in [0.3, 0.4) is 0 Å². The summed E-state index contributed by atoms with van der Waals surface area (Å²) in [4.78, 5) is 0. The summed E-state index contributed by atoms with van der Waals surface area (Å²) in [6.45, 7) is 4.28. The molecule has 0 aliphatic heterocycles. The zero-order valence-electron chi connectivity index (χ0n) is 11.4. The van der Waals surface area contributed by atoms with E-state index in [0.717, 1.165) is 31.5 Å². The lowest BCUT2D eigenvalue weighted by molar-refractivity contribution is 0.462. The van der Waals surface area contributed by atoms with Gasteiger partial charge in [-0.3, -0.25) is 0 Å². The molecule has 1 nitrogen and oxygen atoms in total. The Labute approximate surface area is 115 Å². The Morgan fingerprint density at radius 2 is 2.22 bits per heavy atom. The molecule has 0 amide bonds. The maximum absolute atomic E-state index is 13.2. The highest BCUT2D eigenvalue weighted by atomic mass is 32.2. The third-order valence-corrected chi connectivity index (χ3v) is 3.65. The molecule has 1 atom stereocenters. The van der Waals surface area contributed by atoms with Gasteiger partial charge in [0.05, 0.1) is 0 Å². The summed E-state index contributed by atoms with van der Waals surface area (Å²) in [5, 5.41) is 3.48. The number of hydrogen-bond acceptors (Lipinski definition) is 2. The maximum Gasteiger partial charge on any atom is 0.123 e. The van der Waals surface area contributed by atoms with E-state index in [0.29, 0.717) is 5.92 Å². The molecule has 1 aromatic rings. The van der Waals surface area contributed by atoms with E-state index < -0.39 is 0 Å². The highest BCUT2D eigenvalue weighted by Crippen LogP contribution is 2.15. The number of hydrogen-bond donors (Lipinski definition) is 1. The van der Waals surface area contributed by atoms with Crippen LogP contribution in [0.1, 0.15) is 25.3 Å². The van der Waals surface area contributed by atoms with E-state index in [4.69, 9.17) is 0 Å². The molecule has 0 aromatic heterocycles. The summed E-state index contributed by atoms with van der Waals surface area (Å²) in [5.41, 5.74) is 1.11. The Kier molecular flexibility index (Phi) is 8.10. The van der Waals surface area contributed by atoms with Gasteiger partial charge in [-0.25, -0.2) is 4.39 Å². The van der Waals surface area contributed by atoms with E-state index in [1.165, 1.54) is 18.2 Å². The van der Waals surface area contributed by atoms with Gasteiger partial charge in [-0.05, 0) is 68.0 Å². The molecule has 1 unspecified atom stereocenters. The lowest BCUT2D eigenvalue weighted by Gasteiger charge is -2.17. The molecule has 1 rings (SSSR count). The van der Waals surface area contributed by atoms with Crippen molar-refractivity contribution in [1.82, 2.24) is 5.32 Å². The van der Waals surface area contributed by atoms with Gasteiger partial charge >= 0.3 is 0 Å². The first-order valence-corrected chi connectivity index (χ1v) is 8.09. The van der Waals surface area contributed by atoms with Gasteiger partial charge in [0.15, 0.2) is 0 Å². The number of rotatable bonds is 9. The Bertz CT molecular complexity index is 330. The summed E-state index contributed by atoms with van der Waals surface area (Å²) in [6.07, 6.45) is 5.46. The molecular formula is C15H24FNS. The molecule has 0 saturated heterocycles. The molecule has 0 saturated carbocycles. The van der Waals surface area contributed by atoms with Crippen LogP contribution in [0.2, 0.25) is 0 Å². The average Bonchev–Trinajstić information content (AvgIpc) is 2.36. The van der Waals surface area contributed by atoms with E-state index in [1.54, 1.807) is 12.1 Å². The summed E-state index contributed by atoms with van der Waals surface area (Å²) < 4.78 is 13.2. The lowest BCUT2D eigenvalue weighted by Crippen LogP contribution is -2.25. The number of nitrogens with one attached hydrogen (secondary N) is 1. The summed E-state index contributed by atoms with van der Waals surface area (Å²) in [7, 11) is 0. The Hall–Kier alpha value is -0.540. The van der Waals surface area contributed by atoms with Crippen LogP contribution in [-0.4, -0.2) is 25.1 Å². The summed E-state index contributed by atoms with van der Waals surface area (Å²) in [5.74, 6) is 1.65. The molecule has 0 aliphatic rings. The molecule has 1 aromatic carbocycles. The topological polar surface area (TPSA) is 12.0 Å². The van der Waals surface area contributed by atoms with Gasteiger partial charge in [-0.1, -0.05) is 19.1 Å². The van der Waals surface area contributed by atoms with Crippen molar-refractivity contribution in [2.45, 2.75) is 26.2 Å². The van der Waals surface area contributed by atoms with E-state index in [-0.39, 0.29) is 5.82 Å². The van der Waals surface area contributed by atoms with Crippen molar-refractivity contribution >= 4 is 11.8 Å². The second kappa shape index (κ2) is 9.40. The number of benzene rings is 1. The minimum absolute atomic E-state index is 0.127. The quantitative estimate of drug-likeness (QED) is 0.685. The second-order valence-corrected chi connectivity index (χ2v) is 5.67. The van der Waals surface area contributed by atoms with Crippen molar-refractivity contribution < 1.29 is 4.39 Å². The van der Waals surface area contributed by atoms with Crippen LogP contribution >= 0.6 is 11.8 Å². The minimum Gasteiger partial charge on any atom is -0.316 e. The van der Waals surface area contributed by atoms with Crippen LogP contribution < -0.4 is 5.32 Å². The zero-order valence-corrected chi connectivity index (χ0v) is 12.2. The highest BCUT2D eigenvalue weighted by molar-refractivity contribution is 7.98. The number of halogens is 1. The summed E-state index contributed by atoms with van der Waals surface area (Å²) in [6, 6.07) is 6.99. The summed E-state index contributed by atoms with van der Waals surface area (Å²) >= 11 is 1.88. The second-order valence-electron chi connectivity index (χ2n) is 4.69. The monoisotopic (exact) mass is 269 g/mol. The fourth-order valence-electron chi connectivity index (χ4n) is 2.04. The van der Waals surface area contributed by atoms with Crippen LogP contribution in [0.15, 0.2) is 24.3 Å². The van der Waals surface area contributed by atoms with Crippen LogP contribution in [0.5, 0.6) is 0 Å². The molecule has 0 bridgehead atoms. The van der Waals surface area contributed by atoms with Gasteiger partial charge in [0.1, 0.15) is 5.82 Å². The SMILES string of the molecule is CCCNCC(CCSC)Cc1cccc(F)c1. The first-order valence-electron chi connectivity index (χ1n) is 6.70. The number of thioether (sulfide) groups is 1. The smallest absolute Gasteiger partial charge is 0.123 e. The maximum atomic E-state index is 13.2. The lowest BCUT2D eigenvalue weighted by atomic mass is 9.96. The van der Waals surface area contributed by atoms with Crippen LogP contribution in [0.4, 0.5) is 4.39 Å². The Morgan fingerprint density at radius 1 is 1.39 bits per heavy atom. The third-order valence-electron chi connectivity index (χ3n) is 3.00. The fourth-order valence-corrected chi connectivity index (χ4v) is 2.61.